The number of hydrogen-bond donors (Lipinski definition) is 2. The maximum atomic E-state index is 12.6. The van der Waals surface area contributed by atoms with Crippen molar-refractivity contribution in [2.45, 2.75) is 44.6 Å². The smallest absolute Gasteiger partial charge is 0.305 e. The fourth-order valence-corrected chi connectivity index (χ4v) is 4.56. The number of rotatable bonds is 6. The van der Waals surface area contributed by atoms with Gasteiger partial charge in [0, 0.05) is 17.0 Å². The quantitative estimate of drug-likeness (QED) is 0.751. The van der Waals surface area contributed by atoms with Gasteiger partial charge < -0.3 is 10.4 Å². The molecule has 1 aromatic carbocycles. The van der Waals surface area contributed by atoms with E-state index in [1.54, 1.807) is 11.4 Å². The molecular formula is C19H21ClN2O3S. The molecule has 5 nitrogen and oxygen atoms in total. The van der Waals surface area contributed by atoms with E-state index in [1.165, 1.54) is 17.8 Å². The Balaban J connectivity index is 1.73. The molecule has 1 aromatic heterocycles. The highest BCUT2D eigenvalue weighted by atomic mass is 35.5. The second-order valence-electron chi connectivity index (χ2n) is 6.59. The molecule has 1 amide bonds. The molecule has 1 saturated carbocycles. The highest BCUT2D eigenvalue weighted by Gasteiger charge is 2.28. The van der Waals surface area contributed by atoms with Crippen LogP contribution in [0.25, 0.3) is 10.6 Å². The van der Waals surface area contributed by atoms with Crippen LogP contribution in [0.1, 0.15) is 49.0 Å². The molecule has 1 unspecified atom stereocenters. The molecule has 0 saturated heterocycles. The molecule has 0 spiro atoms. The number of aliphatic carboxylic acids is 1. The molecule has 26 heavy (non-hydrogen) atoms. The van der Waals surface area contributed by atoms with E-state index in [4.69, 9.17) is 11.6 Å². The van der Waals surface area contributed by atoms with Crippen LogP contribution in [-0.4, -0.2) is 28.0 Å². The van der Waals surface area contributed by atoms with Crippen molar-refractivity contribution in [2.24, 2.45) is 5.92 Å². The molecule has 7 heteroatoms. The lowest BCUT2D eigenvalue weighted by atomic mass is 9.82. The number of thiazole rings is 1. The number of nitrogens with one attached hydrogen (secondary N) is 1. The Bertz CT molecular complexity index is 787. The van der Waals surface area contributed by atoms with Gasteiger partial charge in [-0.1, -0.05) is 49.1 Å². The molecule has 3 rings (SSSR count). The third-order valence-corrected chi connectivity index (χ3v) is 5.98. The molecule has 1 aliphatic carbocycles. The second-order valence-corrected chi connectivity index (χ2v) is 7.86. The zero-order valence-corrected chi connectivity index (χ0v) is 15.9. The number of benzene rings is 1. The van der Waals surface area contributed by atoms with Crippen LogP contribution >= 0.6 is 22.9 Å². The van der Waals surface area contributed by atoms with Crippen molar-refractivity contribution in [1.29, 1.82) is 0 Å². The van der Waals surface area contributed by atoms with Crippen LogP contribution in [0, 0.1) is 5.92 Å². The van der Waals surface area contributed by atoms with Crippen molar-refractivity contribution in [3.63, 3.8) is 0 Å². The summed E-state index contributed by atoms with van der Waals surface area (Å²) in [5, 5.41) is 15.1. The Morgan fingerprint density at radius 3 is 2.69 bits per heavy atom. The number of carbonyl (C=O) groups is 2. The third kappa shape index (κ3) is 4.62. The number of aromatic nitrogens is 1. The molecular weight excluding hydrogens is 372 g/mol. The fraction of sp³-hybridized carbons (Fsp3) is 0.421. The summed E-state index contributed by atoms with van der Waals surface area (Å²) in [5.74, 6) is -1.00. The minimum absolute atomic E-state index is 0.0576. The Morgan fingerprint density at radius 2 is 2.00 bits per heavy atom. The molecule has 2 N–H and O–H groups in total. The number of halogens is 1. The lowest BCUT2D eigenvalue weighted by Gasteiger charge is -2.29. The van der Waals surface area contributed by atoms with Gasteiger partial charge in [0.15, 0.2) is 0 Å². The van der Waals surface area contributed by atoms with Gasteiger partial charge in [-0.05, 0) is 24.8 Å². The molecule has 1 fully saturated rings. The highest BCUT2D eigenvalue weighted by molar-refractivity contribution is 7.13. The van der Waals surface area contributed by atoms with E-state index < -0.39 is 5.97 Å². The molecule has 0 radical (unpaired) electrons. The number of carboxylic acids is 1. The first-order chi connectivity index (χ1) is 12.5. The van der Waals surface area contributed by atoms with E-state index in [0.29, 0.717) is 15.7 Å². The van der Waals surface area contributed by atoms with Gasteiger partial charge in [-0.3, -0.25) is 9.59 Å². The van der Waals surface area contributed by atoms with E-state index >= 15 is 0 Å². The SMILES string of the molecule is O=C(O)CC(NC(=O)c1csc(-c2ccccc2Cl)n1)C1CCCCC1. The summed E-state index contributed by atoms with van der Waals surface area (Å²) < 4.78 is 0. The predicted molar refractivity (Wildman–Crippen MR) is 103 cm³/mol. The van der Waals surface area contributed by atoms with Crippen LogP contribution in [-0.2, 0) is 4.79 Å². The average Bonchev–Trinajstić information content (AvgIpc) is 3.12. The number of carboxylic acid groups (broad SMARTS) is 1. The summed E-state index contributed by atoms with van der Waals surface area (Å²) in [6.45, 7) is 0. The molecule has 1 heterocycles. The summed E-state index contributed by atoms with van der Waals surface area (Å²) in [4.78, 5) is 28.2. The summed E-state index contributed by atoms with van der Waals surface area (Å²) in [6.07, 6.45) is 5.21. The van der Waals surface area contributed by atoms with Crippen LogP contribution in [0.4, 0.5) is 0 Å². The van der Waals surface area contributed by atoms with Crippen molar-refractivity contribution >= 4 is 34.8 Å². The summed E-state index contributed by atoms with van der Waals surface area (Å²) in [5.41, 5.74) is 1.09. The molecule has 1 atom stereocenters. The van der Waals surface area contributed by atoms with E-state index in [0.717, 1.165) is 31.2 Å². The van der Waals surface area contributed by atoms with E-state index in [2.05, 4.69) is 10.3 Å². The number of carbonyl (C=O) groups excluding carboxylic acids is 1. The van der Waals surface area contributed by atoms with Crippen LogP contribution in [0.2, 0.25) is 5.02 Å². The number of nitrogens with zero attached hydrogens (tertiary/aromatic N) is 1. The second kappa shape index (κ2) is 8.64. The van der Waals surface area contributed by atoms with Gasteiger partial charge in [0.2, 0.25) is 0 Å². The van der Waals surface area contributed by atoms with Gasteiger partial charge in [-0.15, -0.1) is 11.3 Å². The van der Waals surface area contributed by atoms with Crippen LogP contribution in [0.15, 0.2) is 29.6 Å². The van der Waals surface area contributed by atoms with Gasteiger partial charge in [-0.2, -0.15) is 0 Å². The molecule has 2 aromatic rings. The zero-order valence-electron chi connectivity index (χ0n) is 14.3. The van der Waals surface area contributed by atoms with E-state index in [9.17, 15) is 14.7 Å². The molecule has 0 bridgehead atoms. The Labute approximate surface area is 161 Å². The maximum absolute atomic E-state index is 12.6. The van der Waals surface area contributed by atoms with Crippen LogP contribution in [0.3, 0.4) is 0 Å². The third-order valence-electron chi connectivity index (χ3n) is 4.77. The predicted octanol–water partition coefficient (Wildman–Crippen LogP) is 4.62. The highest BCUT2D eigenvalue weighted by Crippen LogP contribution is 2.31. The lowest BCUT2D eigenvalue weighted by molar-refractivity contribution is -0.137. The first-order valence-electron chi connectivity index (χ1n) is 8.77. The Hall–Kier alpha value is -1.92. The monoisotopic (exact) mass is 392 g/mol. The van der Waals surface area contributed by atoms with Crippen molar-refractivity contribution in [3.8, 4) is 10.6 Å². The topological polar surface area (TPSA) is 79.3 Å². The van der Waals surface area contributed by atoms with Gasteiger partial charge in [-0.25, -0.2) is 4.98 Å². The number of hydrogen-bond acceptors (Lipinski definition) is 4. The fourth-order valence-electron chi connectivity index (χ4n) is 3.44. The van der Waals surface area contributed by atoms with Gasteiger partial charge in [0.05, 0.1) is 11.4 Å². The maximum Gasteiger partial charge on any atom is 0.305 e. The van der Waals surface area contributed by atoms with Crippen LogP contribution < -0.4 is 5.32 Å². The minimum Gasteiger partial charge on any atom is -0.481 e. The standard InChI is InChI=1S/C19H21ClN2O3S/c20-14-9-5-4-8-13(14)19-22-16(11-26-19)18(25)21-15(10-17(23)24)12-6-2-1-3-7-12/h4-5,8-9,11-12,15H,1-3,6-7,10H2,(H,21,25)(H,23,24). The van der Waals surface area contributed by atoms with Gasteiger partial charge >= 0.3 is 5.97 Å². The minimum atomic E-state index is -0.893. The Kier molecular flexibility index (Phi) is 6.27. The summed E-state index contributed by atoms with van der Waals surface area (Å²) >= 11 is 7.54. The average molecular weight is 393 g/mol. The normalized spacial score (nSPS) is 16.2. The number of amides is 1. The Morgan fingerprint density at radius 1 is 1.27 bits per heavy atom. The van der Waals surface area contributed by atoms with Crippen molar-refractivity contribution < 1.29 is 14.7 Å². The zero-order chi connectivity index (χ0) is 18.5. The summed E-state index contributed by atoms with van der Waals surface area (Å²) in [7, 11) is 0. The molecule has 0 aliphatic heterocycles. The molecule has 1 aliphatic rings. The van der Waals surface area contributed by atoms with Crippen LogP contribution in [0.5, 0.6) is 0 Å². The van der Waals surface area contributed by atoms with Crippen molar-refractivity contribution in [2.75, 3.05) is 0 Å². The van der Waals surface area contributed by atoms with Crippen molar-refractivity contribution in [1.82, 2.24) is 10.3 Å². The van der Waals surface area contributed by atoms with Gasteiger partial charge in [0.25, 0.3) is 5.91 Å². The first-order valence-corrected chi connectivity index (χ1v) is 10.0. The largest absolute Gasteiger partial charge is 0.481 e. The van der Waals surface area contributed by atoms with Crippen molar-refractivity contribution in [3.05, 3.63) is 40.4 Å². The molecule has 138 valence electrons. The van der Waals surface area contributed by atoms with E-state index in [1.807, 2.05) is 18.2 Å². The summed E-state index contributed by atoms with van der Waals surface area (Å²) in [6, 6.07) is 7.00. The van der Waals surface area contributed by atoms with Gasteiger partial charge in [0.1, 0.15) is 10.7 Å². The first kappa shape index (κ1) is 18.9. The van der Waals surface area contributed by atoms with E-state index in [-0.39, 0.29) is 24.3 Å². The lowest BCUT2D eigenvalue weighted by Crippen LogP contribution is -2.42.